The second-order valence-corrected chi connectivity index (χ2v) is 3.07. The molecule has 0 atom stereocenters. The van der Waals surface area contributed by atoms with Crippen LogP contribution in [0.4, 0.5) is 0 Å². The van der Waals surface area contributed by atoms with E-state index in [1.165, 1.54) is 4.57 Å². The largest absolute Gasteiger partial charge is 0.420 e. The SMILES string of the molecule is Cc1cccc2c1oc(=O)n2CC=O. The van der Waals surface area contributed by atoms with Crippen molar-refractivity contribution in [2.75, 3.05) is 0 Å². The summed E-state index contributed by atoms with van der Waals surface area (Å²) >= 11 is 0. The van der Waals surface area contributed by atoms with Gasteiger partial charge in [-0.3, -0.25) is 4.57 Å². The molecule has 14 heavy (non-hydrogen) atoms. The molecular formula is C10H9NO3. The van der Waals surface area contributed by atoms with Crippen LogP contribution < -0.4 is 5.76 Å². The Kier molecular flexibility index (Phi) is 1.96. The van der Waals surface area contributed by atoms with E-state index < -0.39 is 5.76 Å². The van der Waals surface area contributed by atoms with Gasteiger partial charge in [0, 0.05) is 0 Å². The van der Waals surface area contributed by atoms with Gasteiger partial charge in [0.25, 0.3) is 0 Å². The molecule has 0 radical (unpaired) electrons. The third-order valence-electron chi connectivity index (χ3n) is 2.15. The van der Waals surface area contributed by atoms with Crippen molar-refractivity contribution in [1.82, 2.24) is 4.57 Å². The molecule has 0 fully saturated rings. The van der Waals surface area contributed by atoms with E-state index in [0.29, 0.717) is 17.4 Å². The molecule has 0 bridgehead atoms. The second kappa shape index (κ2) is 3.14. The van der Waals surface area contributed by atoms with Gasteiger partial charge in [0.1, 0.15) is 6.29 Å². The molecule has 4 nitrogen and oxygen atoms in total. The first-order valence-corrected chi connectivity index (χ1v) is 4.26. The molecule has 1 aromatic heterocycles. The molecule has 0 unspecified atom stereocenters. The maximum atomic E-state index is 11.3. The topological polar surface area (TPSA) is 52.2 Å². The summed E-state index contributed by atoms with van der Waals surface area (Å²) in [6.45, 7) is 1.89. The van der Waals surface area contributed by atoms with Gasteiger partial charge < -0.3 is 9.21 Å². The summed E-state index contributed by atoms with van der Waals surface area (Å²) in [5.41, 5.74) is 2.12. The molecule has 0 N–H and O–H groups in total. The Morgan fingerprint density at radius 1 is 1.50 bits per heavy atom. The van der Waals surface area contributed by atoms with Crippen molar-refractivity contribution >= 4 is 17.4 Å². The molecule has 0 aliphatic rings. The molecule has 0 saturated heterocycles. The molecule has 0 aliphatic carbocycles. The molecular weight excluding hydrogens is 182 g/mol. The van der Waals surface area contributed by atoms with Crippen molar-refractivity contribution in [3.05, 3.63) is 34.3 Å². The van der Waals surface area contributed by atoms with Crippen LogP contribution in [-0.2, 0) is 11.3 Å². The molecule has 0 amide bonds. The third kappa shape index (κ3) is 1.16. The van der Waals surface area contributed by atoms with Gasteiger partial charge in [-0.05, 0) is 18.6 Å². The number of carbonyl (C=O) groups is 1. The van der Waals surface area contributed by atoms with Crippen LogP contribution in [0.1, 0.15) is 5.56 Å². The molecule has 72 valence electrons. The lowest BCUT2D eigenvalue weighted by molar-refractivity contribution is -0.108. The van der Waals surface area contributed by atoms with Gasteiger partial charge in [-0.15, -0.1) is 0 Å². The number of oxazole rings is 1. The number of rotatable bonds is 2. The monoisotopic (exact) mass is 191 g/mol. The normalized spacial score (nSPS) is 10.6. The van der Waals surface area contributed by atoms with Crippen molar-refractivity contribution in [2.24, 2.45) is 0 Å². The molecule has 1 heterocycles. The number of hydrogen-bond donors (Lipinski definition) is 0. The number of para-hydroxylation sites is 1. The van der Waals surface area contributed by atoms with E-state index >= 15 is 0 Å². The van der Waals surface area contributed by atoms with Gasteiger partial charge in [0.2, 0.25) is 0 Å². The number of fused-ring (bicyclic) bond motifs is 1. The van der Waals surface area contributed by atoms with E-state index in [-0.39, 0.29) is 6.54 Å². The number of aryl methyl sites for hydroxylation is 1. The zero-order valence-corrected chi connectivity index (χ0v) is 7.69. The van der Waals surface area contributed by atoms with Gasteiger partial charge >= 0.3 is 5.76 Å². The van der Waals surface area contributed by atoms with Crippen LogP contribution in [-0.4, -0.2) is 10.9 Å². The molecule has 4 heteroatoms. The lowest BCUT2D eigenvalue weighted by Gasteiger charge is -1.95. The van der Waals surface area contributed by atoms with Crippen molar-refractivity contribution in [3.8, 4) is 0 Å². The minimum absolute atomic E-state index is 0.0370. The van der Waals surface area contributed by atoms with E-state index in [4.69, 9.17) is 4.42 Å². The Balaban J connectivity index is 2.83. The van der Waals surface area contributed by atoms with Gasteiger partial charge in [-0.1, -0.05) is 12.1 Å². The highest BCUT2D eigenvalue weighted by Crippen LogP contribution is 2.16. The Morgan fingerprint density at radius 2 is 2.29 bits per heavy atom. The summed E-state index contributed by atoms with van der Waals surface area (Å²) in [5, 5.41) is 0. The fourth-order valence-corrected chi connectivity index (χ4v) is 1.47. The summed E-state index contributed by atoms with van der Waals surface area (Å²) in [5.74, 6) is -0.485. The van der Waals surface area contributed by atoms with Crippen molar-refractivity contribution in [3.63, 3.8) is 0 Å². The Morgan fingerprint density at radius 3 is 3.00 bits per heavy atom. The number of carbonyl (C=O) groups excluding carboxylic acids is 1. The zero-order valence-electron chi connectivity index (χ0n) is 7.69. The molecule has 0 aliphatic heterocycles. The van der Waals surface area contributed by atoms with E-state index in [9.17, 15) is 9.59 Å². The highest BCUT2D eigenvalue weighted by Gasteiger charge is 2.09. The molecule has 2 rings (SSSR count). The average molecular weight is 191 g/mol. The van der Waals surface area contributed by atoms with Crippen LogP contribution in [0.2, 0.25) is 0 Å². The standard InChI is InChI=1S/C10H9NO3/c1-7-3-2-4-8-9(7)14-10(13)11(8)5-6-12/h2-4,6H,5H2,1H3. The minimum atomic E-state index is -0.485. The van der Waals surface area contributed by atoms with Crippen LogP contribution in [0.15, 0.2) is 27.4 Å². The van der Waals surface area contributed by atoms with E-state index in [0.717, 1.165) is 5.56 Å². The summed E-state index contributed by atoms with van der Waals surface area (Å²) < 4.78 is 6.35. The van der Waals surface area contributed by atoms with Crippen LogP contribution in [0.3, 0.4) is 0 Å². The van der Waals surface area contributed by atoms with E-state index in [1.807, 2.05) is 19.1 Å². The number of benzene rings is 1. The quantitative estimate of drug-likeness (QED) is 0.668. The van der Waals surface area contributed by atoms with Crippen LogP contribution in [0.25, 0.3) is 11.1 Å². The van der Waals surface area contributed by atoms with Gasteiger partial charge in [-0.2, -0.15) is 0 Å². The van der Waals surface area contributed by atoms with Crippen LogP contribution >= 0.6 is 0 Å². The van der Waals surface area contributed by atoms with Crippen LogP contribution in [0, 0.1) is 6.92 Å². The first-order chi connectivity index (χ1) is 6.74. The van der Waals surface area contributed by atoms with Crippen molar-refractivity contribution < 1.29 is 9.21 Å². The smallest absolute Gasteiger partial charge is 0.407 e. The zero-order chi connectivity index (χ0) is 10.1. The average Bonchev–Trinajstić information content (AvgIpc) is 2.47. The Bertz CT molecular complexity index is 536. The van der Waals surface area contributed by atoms with Crippen LogP contribution in [0.5, 0.6) is 0 Å². The first-order valence-electron chi connectivity index (χ1n) is 4.26. The lowest BCUT2D eigenvalue weighted by atomic mass is 10.2. The highest BCUT2D eigenvalue weighted by atomic mass is 16.4. The number of aromatic nitrogens is 1. The molecule has 0 saturated carbocycles. The first kappa shape index (κ1) is 8.74. The minimum Gasteiger partial charge on any atom is -0.407 e. The number of nitrogens with zero attached hydrogens (tertiary/aromatic N) is 1. The maximum absolute atomic E-state index is 11.3. The van der Waals surface area contributed by atoms with Gasteiger partial charge in [0.15, 0.2) is 5.58 Å². The Hall–Kier alpha value is -1.84. The molecule has 0 spiro atoms. The molecule has 2 aromatic rings. The van der Waals surface area contributed by atoms with Crippen molar-refractivity contribution in [1.29, 1.82) is 0 Å². The fraction of sp³-hybridized carbons (Fsp3) is 0.200. The summed E-state index contributed by atoms with van der Waals surface area (Å²) in [7, 11) is 0. The summed E-state index contributed by atoms with van der Waals surface area (Å²) in [6.07, 6.45) is 0.679. The third-order valence-corrected chi connectivity index (χ3v) is 2.15. The van der Waals surface area contributed by atoms with Gasteiger partial charge in [-0.25, -0.2) is 4.79 Å². The van der Waals surface area contributed by atoms with Crippen molar-refractivity contribution in [2.45, 2.75) is 13.5 Å². The highest BCUT2D eigenvalue weighted by molar-refractivity contribution is 5.77. The lowest BCUT2D eigenvalue weighted by Crippen LogP contribution is -2.14. The fourth-order valence-electron chi connectivity index (χ4n) is 1.47. The van der Waals surface area contributed by atoms with Gasteiger partial charge in [0.05, 0.1) is 12.1 Å². The van der Waals surface area contributed by atoms with E-state index in [2.05, 4.69) is 0 Å². The number of aldehydes is 1. The Labute approximate surface area is 79.8 Å². The summed E-state index contributed by atoms with van der Waals surface area (Å²) in [4.78, 5) is 21.7. The predicted octanol–water partition coefficient (Wildman–Crippen LogP) is 1.10. The molecule has 1 aromatic carbocycles. The maximum Gasteiger partial charge on any atom is 0.420 e. The van der Waals surface area contributed by atoms with E-state index in [1.54, 1.807) is 6.07 Å². The predicted molar refractivity (Wildman–Crippen MR) is 51.3 cm³/mol. The second-order valence-electron chi connectivity index (χ2n) is 3.07. The number of hydrogen-bond acceptors (Lipinski definition) is 3. The summed E-state index contributed by atoms with van der Waals surface area (Å²) in [6, 6.07) is 5.45.